The first-order valence-corrected chi connectivity index (χ1v) is 16.7. The van der Waals surface area contributed by atoms with E-state index in [0.29, 0.717) is 10.8 Å². The molecular formula is C18H25F7N2O10S2Si. The summed E-state index contributed by atoms with van der Waals surface area (Å²) in [5.74, 6) is -1.55. The molecule has 232 valence electrons. The zero-order chi connectivity index (χ0) is 31.3. The molecule has 1 fully saturated rings. The number of aromatic amines is 1. The number of hydrogen-bond acceptors (Lipinski definition) is 10. The van der Waals surface area contributed by atoms with Crippen LogP contribution in [0.4, 0.5) is 30.7 Å². The van der Waals surface area contributed by atoms with Gasteiger partial charge in [-0.25, -0.2) is 4.79 Å². The van der Waals surface area contributed by atoms with Crippen molar-refractivity contribution in [2.45, 2.75) is 74.3 Å². The highest BCUT2D eigenvalue weighted by Crippen LogP contribution is 2.46. The van der Waals surface area contributed by atoms with Crippen molar-refractivity contribution in [3.63, 3.8) is 0 Å². The summed E-state index contributed by atoms with van der Waals surface area (Å²) in [4.78, 5) is 25.3. The standard InChI is InChI=1S/C18H25F7N2O10S2Si/c1-15(2,3)40(4,5)37-11-6-12(27-7-10(19)13(28)26-14(27)29)36-16(11,8-34-38(30,31)17(20,21)22)9-35-39(32,33)18(23,24)25/h7,11-12H,6,8-9H2,1-5H3,(H,26,28,29)/t11-,12+/m0/s1. The Bertz CT molecular complexity index is 1380. The molecule has 1 saturated heterocycles. The van der Waals surface area contributed by atoms with Crippen LogP contribution >= 0.6 is 0 Å². The van der Waals surface area contributed by atoms with E-state index in [1.165, 1.54) is 0 Å². The maximum atomic E-state index is 14.0. The first-order chi connectivity index (χ1) is 17.7. The third-order valence-corrected chi connectivity index (χ3v) is 12.8. The van der Waals surface area contributed by atoms with Gasteiger partial charge in [-0.2, -0.15) is 47.6 Å². The topological polar surface area (TPSA) is 160 Å². The lowest BCUT2D eigenvalue weighted by atomic mass is 9.99. The van der Waals surface area contributed by atoms with Crippen LogP contribution in [0, 0.1) is 5.82 Å². The van der Waals surface area contributed by atoms with Crippen LogP contribution in [-0.4, -0.2) is 70.6 Å². The molecule has 0 saturated carbocycles. The third-order valence-electron chi connectivity index (χ3n) is 6.33. The summed E-state index contributed by atoms with van der Waals surface area (Å²) in [5.41, 5.74) is -17.7. The molecule has 1 aliphatic heterocycles. The molecule has 0 aliphatic carbocycles. The van der Waals surface area contributed by atoms with Crippen LogP contribution in [0.5, 0.6) is 0 Å². The van der Waals surface area contributed by atoms with Crippen molar-refractivity contribution in [3.8, 4) is 0 Å². The van der Waals surface area contributed by atoms with Crippen LogP contribution in [0.1, 0.15) is 33.4 Å². The lowest BCUT2D eigenvalue weighted by Crippen LogP contribution is -2.56. The smallest absolute Gasteiger partial charge is 0.411 e. The van der Waals surface area contributed by atoms with Gasteiger partial charge in [-0.3, -0.25) is 22.7 Å². The van der Waals surface area contributed by atoms with Gasteiger partial charge in [0.1, 0.15) is 25.0 Å². The molecule has 0 aromatic carbocycles. The minimum Gasteiger partial charge on any atom is -0.411 e. The molecular weight excluding hydrogens is 629 g/mol. The Hall–Kier alpha value is -1.85. The summed E-state index contributed by atoms with van der Waals surface area (Å²) < 4.78 is 158. The fraction of sp³-hybridized carbons (Fsp3) is 0.778. The van der Waals surface area contributed by atoms with Crippen LogP contribution < -0.4 is 11.2 Å². The summed E-state index contributed by atoms with van der Waals surface area (Å²) in [6.45, 7) is 4.54. The molecule has 0 radical (unpaired) electrons. The molecule has 2 atom stereocenters. The second-order valence-electron chi connectivity index (χ2n) is 10.2. The largest absolute Gasteiger partial charge is 0.523 e. The summed E-state index contributed by atoms with van der Waals surface area (Å²) in [6, 6.07) is 0. The van der Waals surface area contributed by atoms with Gasteiger partial charge in [-0.1, -0.05) is 20.8 Å². The van der Waals surface area contributed by atoms with E-state index in [4.69, 9.17) is 9.16 Å². The molecule has 1 N–H and O–H groups in total. The number of rotatable bonds is 9. The van der Waals surface area contributed by atoms with E-state index in [1.807, 2.05) is 0 Å². The van der Waals surface area contributed by atoms with Crippen molar-refractivity contribution < 1.29 is 65.1 Å². The van der Waals surface area contributed by atoms with E-state index in [-0.39, 0.29) is 0 Å². The van der Waals surface area contributed by atoms with E-state index < -0.39 is 99.2 Å². The molecule has 0 amide bonds. The van der Waals surface area contributed by atoms with E-state index in [2.05, 4.69) is 8.37 Å². The van der Waals surface area contributed by atoms with Gasteiger partial charge in [0, 0.05) is 6.42 Å². The lowest BCUT2D eigenvalue weighted by molar-refractivity contribution is -0.144. The van der Waals surface area contributed by atoms with Crippen LogP contribution in [0.2, 0.25) is 18.1 Å². The lowest BCUT2D eigenvalue weighted by Gasteiger charge is -2.42. The first-order valence-electron chi connectivity index (χ1n) is 10.9. The molecule has 22 heteroatoms. The van der Waals surface area contributed by atoms with Gasteiger partial charge in [0.05, 0.1) is 12.3 Å². The maximum Gasteiger partial charge on any atom is 0.523 e. The predicted octanol–water partition coefficient (Wildman–Crippen LogP) is 2.46. The van der Waals surface area contributed by atoms with Gasteiger partial charge in [-0.15, -0.1) is 0 Å². The van der Waals surface area contributed by atoms with Crippen LogP contribution in [0.3, 0.4) is 0 Å². The molecule has 0 unspecified atom stereocenters. The molecule has 40 heavy (non-hydrogen) atoms. The molecule has 1 aliphatic rings. The summed E-state index contributed by atoms with van der Waals surface area (Å²) in [6.07, 6.45) is -4.01. The molecule has 2 heterocycles. The number of aromatic nitrogens is 2. The summed E-state index contributed by atoms with van der Waals surface area (Å²) in [7, 11) is -16.0. The number of hydrogen-bond donors (Lipinski definition) is 1. The summed E-state index contributed by atoms with van der Waals surface area (Å²) in [5, 5.41) is -0.699. The molecule has 12 nitrogen and oxygen atoms in total. The molecule has 1 aromatic rings. The third kappa shape index (κ3) is 7.13. The van der Waals surface area contributed by atoms with Crippen molar-refractivity contribution in [2.24, 2.45) is 0 Å². The van der Waals surface area contributed by atoms with Gasteiger partial charge < -0.3 is 9.16 Å². The number of alkyl halides is 6. The monoisotopic (exact) mass is 654 g/mol. The quantitative estimate of drug-likeness (QED) is 0.181. The number of nitrogens with one attached hydrogen (secondary N) is 1. The molecule has 2 rings (SSSR count). The average molecular weight is 655 g/mol. The van der Waals surface area contributed by atoms with Crippen molar-refractivity contribution in [3.05, 3.63) is 32.9 Å². The fourth-order valence-corrected chi connectivity index (χ4v) is 5.46. The van der Waals surface area contributed by atoms with E-state index in [1.54, 1.807) is 38.8 Å². The Kier molecular flexibility index (Phi) is 9.24. The van der Waals surface area contributed by atoms with Crippen LogP contribution in [0.15, 0.2) is 15.8 Å². The number of ether oxygens (including phenoxy) is 1. The summed E-state index contributed by atoms with van der Waals surface area (Å²) >= 11 is 0. The maximum absolute atomic E-state index is 14.0. The van der Waals surface area contributed by atoms with Crippen molar-refractivity contribution in [1.29, 1.82) is 0 Å². The normalized spacial score (nSPS) is 21.1. The average Bonchev–Trinajstić information content (AvgIpc) is 3.09. The highest BCUT2D eigenvalue weighted by molar-refractivity contribution is 7.87. The Balaban J connectivity index is 2.72. The molecule has 0 bridgehead atoms. The van der Waals surface area contributed by atoms with Crippen molar-refractivity contribution in [1.82, 2.24) is 9.55 Å². The van der Waals surface area contributed by atoms with E-state index in [0.717, 1.165) is 0 Å². The van der Waals surface area contributed by atoms with Gasteiger partial charge >= 0.3 is 36.9 Å². The van der Waals surface area contributed by atoms with Crippen LogP contribution in [0.25, 0.3) is 0 Å². The molecule has 1 aromatic heterocycles. The van der Waals surface area contributed by atoms with E-state index >= 15 is 0 Å². The zero-order valence-electron chi connectivity index (χ0n) is 21.3. The van der Waals surface area contributed by atoms with Crippen molar-refractivity contribution in [2.75, 3.05) is 13.2 Å². The van der Waals surface area contributed by atoms with Gasteiger partial charge in [0.25, 0.3) is 5.56 Å². The Morgan fingerprint density at radius 2 is 1.45 bits per heavy atom. The predicted molar refractivity (Wildman–Crippen MR) is 123 cm³/mol. The van der Waals surface area contributed by atoms with Gasteiger partial charge in [0.15, 0.2) is 8.32 Å². The SMILES string of the molecule is CC(C)(C)[Si](C)(C)O[C@H]1C[C@H](n2cc(F)c(=O)[nH]c2=O)OC1(COS(=O)(=O)C(F)(F)F)COS(=O)(=O)C(F)(F)F. The Morgan fingerprint density at radius 1 is 1.00 bits per heavy atom. The highest BCUT2D eigenvalue weighted by atomic mass is 32.2. The minimum atomic E-state index is -6.43. The number of halogens is 7. The fourth-order valence-electron chi connectivity index (χ4n) is 3.11. The zero-order valence-corrected chi connectivity index (χ0v) is 24.0. The van der Waals surface area contributed by atoms with Gasteiger partial charge in [-0.05, 0) is 18.1 Å². The highest BCUT2D eigenvalue weighted by Gasteiger charge is 2.58. The second kappa shape index (κ2) is 10.8. The first kappa shape index (κ1) is 34.3. The number of H-pyrrole nitrogens is 1. The van der Waals surface area contributed by atoms with E-state index in [9.17, 15) is 57.2 Å². The second-order valence-corrected chi connectivity index (χ2v) is 18.2. The van der Waals surface area contributed by atoms with Crippen LogP contribution in [-0.2, 0) is 37.8 Å². The van der Waals surface area contributed by atoms with Crippen molar-refractivity contribution >= 4 is 28.6 Å². The Morgan fingerprint density at radius 3 is 1.85 bits per heavy atom. The Labute approximate surface area is 223 Å². The molecule has 0 spiro atoms. The minimum absolute atomic E-state index is 0.311. The number of nitrogens with zero attached hydrogens (tertiary/aromatic N) is 1. The van der Waals surface area contributed by atoms with Gasteiger partial charge in [0.2, 0.25) is 5.82 Å².